The molecular formula is C12H13N5O2S. The zero-order valence-electron chi connectivity index (χ0n) is 11.1. The van der Waals surface area contributed by atoms with E-state index in [4.69, 9.17) is 4.74 Å². The Labute approximate surface area is 118 Å². The van der Waals surface area contributed by atoms with Gasteiger partial charge in [0.05, 0.1) is 25.0 Å². The van der Waals surface area contributed by atoms with Crippen molar-refractivity contribution < 1.29 is 9.53 Å². The van der Waals surface area contributed by atoms with E-state index in [-0.39, 0.29) is 5.69 Å². The van der Waals surface area contributed by atoms with E-state index in [2.05, 4.69) is 15.3 Å². The lowest BCUT2D eigenvalue weighted by Gasteiger charge is -2.03. The molecular weight excluding hydrogens is 278 g/mol. The number of hydrogen-bond donors (Lipinski definition) is 0. The van der Waals surface area contributed by atoms with Crippen molar-refractivity contribution in [1.82, 2.24) is 24.4 Å². The molecule has 3 aromatic heterocycles. The molecule has 0 aliphatic rings. The van der Waals surface area contributed by atoms with Crippen LogP contribution in [-0.2, 0) is 17.7 Å². The second kappa shape index (κ2) is 5.04. The van der Waals surface area contributed by atoms with Crippen LogP contribution in [-0.4, -0.2) is 37.5 Å². The van der Waals surface area contributed by atoms with Crippen molar-refractivity contribution in [3.63, 3.8) is 0 Å². The zero-order valence-corrected chi connectivity index (χ0v) is 11.9. The van der Waals surface area contributed by atoms with Gasteiger partial charge in [-0.2, -0.15) is 0 Å². The van der Waals surface area contributed by atoms with Gasteiger partial charge in [-0.25, -0.2) is 14.5 Å². The van der Waals surface area contributed by atoms with E-state index in [1.807, 2.05) is 29.1 Å². The summed E-state index contributed by atoms with van der Waals surface area (Å²) in [6.45, 7) is 2.44. The van der Waals surface area contributed by atoms with E-state index in [0.29, 0.717) is 13.0 Å². The zero-order chi connectivity index (χ0) is 14.1. The fourth-order valence-electron chi connectivity index (χ4n) is 2.07. The van der Waals surface area contributed by atoms with Gasteiger partial charge in [-0.1, -0.05) is 12.1 Å². The Bertz CT molecular complexity index is 728. The average molecular weight is 291 g/mol. The van der Waals surface area contributed by atoms with Crippen molar-refractivity contribution in [3.05, 3.63) is 34.9 Å². The third-order valence-electron chi connectivity index (χ3n) is 3.01. The van der Waals surface area contributed by atoms with Gasteiger partial charge in [0.25, 0.3) is 0 Å². The number of ether oxygens (including phenoxy) is 1. The maximum absolute atomic E-state index is 11.6. The lowest BCUT2D eigenvalue weighted by Crippen LogP contribution is -2.10. The van der Waals surface area contributed by atoms with Gasteiger partial charge < -0.3 is 4.74 Å². The molecule has 0 amide bonds. The topological polar surface area (TPSA) is 74.3 Å². The molecule has 0 radical (unpaired) electrons. The van der Waals surface area contributed by atoms with Crippen LogP contribution < -0.4 is 0 Å². The molecule has 7 nitrogen and oxygen atoms in total. The summed E-state index contributed by atoms with van der Waals surface area (Å²) >= 11 is 1.57. The average Bonchev–Trinajstić information content (AvgIpc) is 3.11. The number of carbonyl (C=O) groups excluding carboxylic acids is 1. The molecule has 0 saturated heterocycles. The second-order valence-corrected chi connectivity index (χ2v) is 5.09. The van der Waals surface area contributed by atoms with Crippen molar-refractivity contribution in [2.45, 2.75) is 19.9 Å². The number of carbonyl (C=O) groups is 1. The first-order valence-electron chi connectivity index (χ1n) is 6.14. The van der Waals surface area contributed by atoms with Crippen molar-refractivity contribution in [2.75, 3.05) is 7.11 Å². The smallest absolute Gasteiger partial charge is 0.360 e. The van der Waals surface area contributed by atoms with Gasteiger partial charge in [0.2, 0.25) is 0 Å². The largest absolute Gasteiger partial charge is 0.464 e. The van der Waals surface area contributed by atoms with Crippen molar-refractivity contribution in [1.29, 1.82) is 0 Å². The molecule has 0 fully saturated rings. The molecule has 0 atom stereocenters. The Balaban J connectivity index is 1.92. The Morgan fingerprint density at radius 1 is 1.50 bits per heavy atom. The molecule has 0 aliphatic carbocycles. The molecule has 20 heavy (non-hydrogen) atoms. The normalized spacial score (nSPS) is 11.1. The van der Waals surface area contributed by atoms with Gasteiger partial charge in [-0.15, -0.1) is 16.4 Å². The van der Waals surface area contributed by atoms with E-state index in [1.165, 1.54) is 7.11 Å². The Morgan fingerprint density at radius 3 is 3.05 bits per heavy atom. The van der Waals surface area contributed by atoms with Crippen LogP contribution in [0.2, 0.25) is 0 Å². The van der Waals surface area contributed by atoms with E-state index >= 15 is 0 Å². The molecule has 0 aliphatic heterocycles. The maximum atomic E-state index is 11.6. The Kier molecular flexibility index (Phi) is 3.23. The van der Waals surface area contributed by atoms with Crippen LogP contribution in [0.5, 0.6) is 0 Å². The fraction of sp³-hybridized carbons (Fsp3) is 0.333. The highest BCUT2D eigenvalue weighted by Gasteiger charge is 2.19. The fourth-order valence-corrected chi connectivity index (χ4v) is 2.79. The first-order chi connectivity index (χ1) is 9.72. The molecule has 3 rings (SSSR count). The molecule has 0 bridgehead atoms. The highest BCUT2D eigenvalue weighted by molar-refractivity contribution is 7.15. The van der Waals surface area contributed by atoms with Crippen LogP contribution in [0.1, 0.15) is 28.8 Å². The van der Waals surface area contributed by atoms with Gasteiger partial charge in [0.15, 0.2) is 10.7 Å². The quantitative estimate of drug-likeness (QED) is 0.679. The molecule has 0 N–H and O–H groups in total. The maximum Gasteiger partial charge on any atom is 0.360 e. The highest BCUT2D eigenvalue weighted by atomic mass is 32.1. The lowest BCUT2D eigenvalue weighted by molar-refractivity contribution is 0.0592. The summed E-state index contributed by atoms with van der Waals surface area (Å²) in [4.78, 5) is 17.0. The van der Waals surface area contributed by atoms with Gasteiger partial charge in [-0.05, 0) is 6.42 Å². The number of methoxy groups -OCH3 is 1. The van der Waals surface area contributed by atoms with Gasteiger partial charge >= 0.3 is 5.97 Å². The SMILES string of the molecule is CCc1c(C(=O)OC)nnn1Cc1cn2ccsc2n1. The summed E-state index contributed by atoms with van der Waals surface area (Å²) in [7, 11) is 1.34. The standard InChI is InChI=1S/C12H13N5O2S/c1-3-9-10(11(18)19-2)14-15-17(9)7-8-6-16-4-5-20-12(16)13-8/h4-6H,3,7H2,1-2H3. The summed E-state index contributed by atoms with van der Waals surface area (Å²) in [5.41, 5.74) is 1.91. The van der Waals surface area contributed by atoms with Crippen molar-refractivity contribution in [2.24, 2.45) is 0 Å². The van der Waals surface area contributed by atoms with E-state index in [9.17, 15) is 4.79 Å². The molecule has 104 valence electrons. The monoisotopic (exact) mass is 291 g/mol. The minimum absolute atomic E-state index is 0.274. The van der Waals surface area contributed by atoms with Gasteiger partial charge in [0, 0.05) is 17.8 Å². The second-order valence-electron chi connectivity index (χ2n) is 4.21. The van der Waals surface area contributed by atoms with E-state index in [1.54, 1.807) is 16.0 Å². The van der Waals surface area contributed by atoms with Crippen LogP contribution >= 0.6 is 11.3 Å². The summed E-state index contributed by atoms with van der Waals surface area (Å²) in [6, 6.07) is 0. The first kappa shape index (κ1) is 12.8. The number of fused-ring (bicyclic) bond motifs is 1. The third-order valence-corrected chi connectivity index (χ3v) is 3.78. The molecule has 3 aromatic rings. The number of thiazole rings is 1. The molecule has 0 aromatic carbocycles. The Morgan fingerprint density at radius 2 is 2.35 bits per heavy atom. The summed E-state index contributed by atoms with van der Waals surface area (Å²) < 4.78 is 8.36. The molecule has 0 unspecified atom stereocenters. The van der Waals surface area contributed by atoms with Crippen molar-refractivity contribution >= 4 is 22.3 Å². The van der Waals surface area contributed by atoms with Crippen LogP contribution in [0, 0.1) is 0 Å². The first-order valence-corrected chi connectivity index (χ1v) is 7.02. The summed E-state index contributed by atoms with van der Waals surface area (Å²) in [5, 5.41) is 9.91. The van der Waals surface area contributed by atoms with Gasteiger partial charge in [-0.3, -0.25) is 4.40 Å². The minimum atomic E-state index is -0.459. The number of aromatic nitrogens is 5. The molecule has 0 spiro atoms. The van der Waals surface area contributed by atoms with Crippen LogP contribution in [0.15, 0.2) is 17.8 Å². The number of rotatable bonds is 4. The summed E-state index contributed by atoms with van der Waals surface area (Å²) in [5.74, 6) is -0.459. The number of hydrogen-bond acceptors (Lipinski definition) is 6. The minimum Gasteiger partial charge on any atom is -0.464 e. The number of nitrogens with zero attached hydrogens (tertiary/aromatic N) is 5. The number of esters is 1. The van der Waals surface area contributed by atoms with Crippen LogP contribution in [0.25, 0.3) is 4.96 Å². The third kappa shape index (κ3) is 2.07. The predicted octanol–water partition coefficient (Wildman–Crippen LogP) is 1.38. The van der Waals surface area contributed by atoms with Crippen LogP contribution in [0.4, 0.5) is 0 Å². The molecule has 8 heteroatoms. The summed E-state index contributed by atoms with van der Waals surface area (Å²) in [6.07, 6.45) is 4.56. The van der Waals surface area contributed by atoms with E-state index in [0.717, 1.165) is 16.3 Å². The van der Waals surface area contributed by atoms with Gasteiger partial charge in [0.1, 0.15) is 0 Å². The Hall–Kier alpha value is -2.22. The molecule has 3 heterocycles. The van der Waals surface area contributed by atoms with Crippen LogP contribution in [0.3, 0.4) is 0 Å². The molecule has 0 saturated carbocycles. The van der Waals surface area contributed by atoms with Crippen molar-refractivity contribution in [3.8, 4) is 0 Å². The number of imidazole rings is 1. The highest BCUT2D eigenvalue weighted by Crippen LogP contribution is 2.14. The predicted molar refractivity (Wildman–Crippen MR) is 72.9 cm³/mol. The lowest BCUT2D eigenvalue weighted by atomic mass is 10.2. The van der Waals surface area contributed by atoms with E-state index < -0.39 is 5.97 Å².